The number of piperidine rings is 1. The number of carbonyl (C=O) groups is 1. The van der Waals surface area contributed by atoms with Crippen LogP contribution < -0.4 is 5.32 Å². The van der Waals surface area contributed by atoms with Crippen LogP contribution in [0.5, 0.6) is 0 Å². The fourth-order valence-corrected chi connectivity index (χ4v) is 2.45. The Hall–Kier alpha value is -2.09. The van der Waals surface area contributed by atoms with E-state index < -0.39 is 0 Å². The van der Waals surface area contributed by atoms with Gasteiger partial charge in [-0.1, -0.05) is 6.07 Å². The van der Waals surface area contributed by atoms with Gasteiger partial charge in [-0.3, -0.25) is 4.98 Å². The van der Waals surface area contributed by atoms with Crippen LogP contribution in [0, 0.1) is 24.2 Å². The van der Waals surface area contributed by atoms with Crippen molar-refractivity contribution in [1.82, 2.24) is 15.2 Å². The monoisotopic (exact) mass is 272 g/mol. The summed E-state index contributed by atoms with van der Waals surface area (Å²) >= 11 is 0. The topological polar surface area (TPSA) is 69.0 Å². The molecule has 1 fully saturated rings. The van der Waals surface area contributed by atoms with Crippen molar-refractivity contribution in [2.75, 3.05) is 19.6 Å². The van der Waals surface area contributed by atoms with E-state index in [1.807, 2.05) is 19.1 Å². The van der Waals surface area contributed by atoms with Crippen LogP contribution in [-0.2, 0) is 6.42 Å². The van der Waals surface area contributed by atoms with Crippen LogP contribution in [-0.4, -0.2) is 35.5 Å². The summed E-state index contributed by atoms with van der Waals surface area (Å²) in [6, 6.07) is 6.11. The number of likely N-dealkylation sites (tertiary alicyclic amines) is 1. The van der Waals surface area contributed by atoms with Crippen LogP contribution in [0.1, 0.15) is 24.1 Å². The van der Waals surface area contributed by atoms with Crippen molar-refractivity contribution < 1.29 is 4.79 Å². The third-order valence-electron chi connectivity index (χ3n) is 3.65. The molecule has 106 valence electrons. The second-order valence-corrected chi connectivity index (χ2v) is 5.16. The van der Waals surface area contributed by atoms with E-state index in [4.69, 9.17) is 5.26 Å². The molecule has 0 saturated carbocycles. The van der Waals surface area contributed by atoms with E-state index in [2.05, 4.69) is 16.4 Å². The molecule has 2 heterocycles. The van der Waals surface area contributed by atoms with E-state index in [1.165, 1.54) is 0 Å². The molecule has 1 saturated heterocycles. The molecule has 0 aliphatic carbocycles. The highest BCUT2D eigenvalue weighted by molar-refractivity contribution is 5.74. The first-order valence-corrected chi connectivity index (χ1v) is 7.03. The van der Waals surface area contributed by atoms with Gasteiger partial charge in [-0.25, -0.2) is 4.79 Å². The maximum absolute atomic E-state index is 12.0. The van der Waals surface area contributed by atoms with E-state index in [0.29, 0.717) is 13.1 Å². The molecule has 2 rings (SSSR count). The van der Waals surface area contributed by atoms with E-state index in [9.17, 15) is 4.79 Å². The van der Waals surface area contributed by atoms with Crippen molar-refractivity contribution in [1.29, 1.82) is 5.26 Å². The lowest BCUT2D eigenvalue weighted by molar-refractivity contribution is 0.176. The fourth-order valence-electron chi connectivity index (χ4n) is 2.45. The van der Waals surface area contributed by atoms with E-state index >= 15 is 0 Å². The number of urea groups is 1. The smallest absolute Gasteiger partial charge is 0.317 e. The molecule has 1 atom stereocenters. The van der Waals surface area contributed by atoms with E-state index in [0.717, 1.165) is 37.1 Å². The first-order chi connectivity index (χ1) is 9.70. The highest BCUT2D eigenvalue weighted by Crippen LogP contribution is 2.15. The van der Waals surface area contributed by atoms with Gasteiger partial charge in [0.2, 0.25) is 0 Å². The summed E-state index contributed by atoms with van der Waals surface area (Å²) in [7, 11) is 0. The number of rotatable bonds is 3. The summed E-state index contributed by atoms with van der Waals surface area (Å²) in [5.41, 5.74) is 2.16. The van der Waals surface area contributed by atoms with Crippen LogP contribution in [0.15, 0.2) is 18.3 Å². The van der Waals surface area contributed by atoms with Gasteiger partial charge < -0.3 is 10.2 Å². The number of hydrogen-bond acceptors (Lipinski definition) is 3. The minimum absolute atomic E-state index is 0.0208. The Morgan fingerprint density at radius 2 is 2.50 bits per heavy atom. The quantitative estimate of drug-likeness (QED) is 0.913. The fraction of sp³-hybridized carbons (Fsp3) is 0.533. The molecular weight excluding hydrogens is 252 g/mol. The molecule has 0 bridgehead atoms. The van der Waals surface area contributed by atoms with E-state index in [1.54, 1.807) is 11.1 Å². The van der Waals surface area contributed by atoms with Gasteiger partial charge in [0.1, 0.15) is 0 Å². The number of aryl methyl sites for hydroxylation is 1. The molecule has 5 heteroatoms. The number of pyridine rings is 1. The standard InChI is InChI=1S/C15H20N4O/c1-12-4-2-7-17-14(12)6-8-18-15(20)19-9-3-5-13(10-16)11-19/h2,4,7,13H,3,5-6,8-9,11H2,1H3,(H,18,20)/t13-/m1/s1. The molecule has 0 radical (unpaired) electrons. The third kappa shape index (κ3) is 3.70. The van der Waals surface area contributed by atoms with Crippen molar-refractivity contribution in [3.05, 3.63) is 29.6 Å². The molecular formula is C15H20N4O. The Balaban J connectivity index is 1.78. The van der Waals surface area contributed by atoms with Gasteiger partial charge in [-0.2, -0.15) is 5.26 Å². The molecule has 5 nitrogen and oxygen atoms in total. The van der Waals surface area contributed by atoms with E-state index in [-0.39, 0.29) is 11.9 Å². The highest BCUT2D eigenvalue weighted by atomic mass is 16.2. The van der Waals surface area contributed by atoms with Gasteiger partial charge in [0.25, 0.3) is 0 Å². The van der Waals surface area contributed by atoms with Crippen LogP contribution in [0.4, 0.5) is 4.79 Å². The Morgan fingerprint density at radius 3 is 3.25 bits per heavy atom. The molecule has 1 aromatic heterocycles. The lowest BCUT2D eigenvalue weighted by Gasteiger charge is -2.29. The average Bonchev–Trinajstić information content (AvgIpc) is 2.49. The predicted molar refractivity (Wildman–Crippen MR) is 76.0 cm³/mol. The van der Waals surface area contributed by atoms with Gasteiger partial charge >= 0.3 is 6.03 Å². The Morgan fingerprint density at radius 1 is 1.65 bits per heavy atom. The van der Waals surface area contributed by atoms with Crippen molar-refractivity contribution in [2.24, 2.45) is 5.92 Å². The number of nitrogens with zero attached hydrogens (tertiary/aromatic N) is 3. The van der Waals surface area contributed by atoms with Crippen LogP contribution in [0.3, 0.4) is 0 Å². The molecule has 1 aromatic rings. The van der Waals surface area contributed by atoms with Gasteiger partial charge in [-0.05, 0) is 31.4 Å². The molecule has 1 aliphatic heterocycles. The lowest BCUT2D eigenvalue weighted by Crippen LogP contribution is -2.45. The van der Waals surface area contributed by atoms with Gasteiger partial charge in [0.15, 0.2) is 0 Å². The molecule has 2 amide bonds. The molecule has 1 aliphatic rings. The highest BCUT2D eigenvalue weighted by Gasteiger charge is 2.22. The number of carbonyl (C=O) groups excluding carboxylic acids is 1. The SMILES string of the molecule is Cc1cccnc1CCNC(=O)N1CCC[C@H](C#N)C1. The number of nitrogens with one attached hydrogen (secondary N) is 1. The molecule has 20 heavy (non-hydrogen) atoms. The molecule has 0 aromatic carbocycles. The largest absolute Gasteiger partial charge is 0.338 e. The van der Waals surface area contributed by atoms with Crippen LogP contribution >= 0.6 is 0 Å². The number of nitriles is 1. The first kappa shape index (κ1) is 14.3. The Labute approximate surface area is 119 Å². The summed E-state index contributed by atoms with van der Waals surface area (Å²) in [6.45, 7) is 3.88. The lowest BCUT2D eigenvalue weighted by atomic mass is 10.0. The number of amides is 2. The maximum atomic E-state index is 12.0. The van der Waals surface area contributed by atoms with Crippen molar-refractivity contribution >= 4 is 6.03 Å². The Bertz CT molecular complexity index is 509. The summed E-state index contributed by atoms with van der Waals surface area (Å²) in [4.78, 5) is 18.1. The number of aromatic nitrogens is 1. The van der Waals surface area contributed by atoms with Gasteiger partial charge in [-0.15, -0.1) is 0 Å². The summed E-state index contributed by atoms with van der Waals surface area (Å²) in [6.07, 6.45) is 4.30. The second kappa shape index (κ2) is 6.90. The molecule has 0 unspecified atom stereocenters. The first-order valence-electron chi connectivity index (χ1n) is 7.03. The zero-order valence-electron chi connectivity index (χ0n) is 11.8. The second-order valence-electron chi connectivity index (χ2n) is 5.16. The van der Waals surface area contributed by atoms with Gasteiger partial charge in [0.05, 0.1) is 12.0 Å². The predicted octanol–water partition coefficient (Wildman–Crippen LogP) is 1.88. The normalized spacial score (nSPS) is 18.4. The van der Waals surface area contributed by atoms with Gasteiger partial charge in [0, 0.05) is 37.9 Å². The zero-order valence-corrected chi connectivity index (χ0v) is 11.8. The third-order valence-corrected chi connectivity index (χ3v) is 3.65. The van der Waals surface area contributed by atoms with Crippen LogP contribution in [0.2, 0.25) is 0 Å². The molecule has 1 N–H and O–H groups in total. The Kier molecular flexibility index (Phi) is 4.94. The van der Waals surface area contributed by atoms with Crippen LogP contribution in [0.25, 0.3) is 0 Å². The zero-order chi connectivity index (χ0) is 14.4. The van der Waals surface area contributed by atoms with Crippen molar-refractivity contribution in [3.8, 4) is 6.07 Å². The minimum atomic E-state index is -0.0708. The minimum Gasteiger partial charge on any atom is -0.338 e. The summed E-state index contributed by atoms with van der Waals surface area (Å²) < 4.78 is 0. The van der Waals surface area contributed by atoms with Crippen molar-refractivity contribution in [3.63, 3.8) is 0 Å². The number of hydrogen-bond donors (Lipinski definition) is 1. The molecule has 0 spiro atoms. The maximum Gasteiger partial charge on any atom is 0.317 e. The summed E-state index contributed by atoms with van der Waals surface area (Å²) in [5, 5.41) is 11.8. The van der Waals surface area contributed by atoms with Crippen molar-refractivity contribution in [2.45, 2.75) is 26.2 Å². The summed E-state index contributed by atoms with van der Waals surface area (Å²) in [5.74, 6) is -0.0208. The average molecular weight is 272 g/mol.